The quantitative estimate of drug-likeness (QED) is 0.544. The van der Waals surface area contributed by atoms with Crippen LogP contribution >= 0.6 is 0 Å². The fourth-order valence-corrected chi connectivity index (χ4v) is 1.27. The molecule has 0 bridgehead atoms. The van der Waals surface area contributed by atoms with Crippen molar-refractivity contribution in [2.45, 2.75) is 20.0 Å². The summed E-state index contributed by atoms with van der Waals surface area (Å²) in [5, 5.41) is 0. The predicted octanol–water partition coefficient (Wildman–Crippen LogP) is 0.810. The molecule has 0 aromatic heterocycles. The summed E-state index contributed by atoms with van der Waals surface area (Å²) in [5.41, 5.74) is 0. The van der Waals surface area contributed by atoms with Gasteiger partial charge >= 0.3 is 0 Å². The number of ether oxygens (including phenoxy) is 1. The van der Waals surface area contributed by atoms with Crippen LogP contribution in [0.2, 0.25) is 0 Å². The van der Waals surface area contributed by atoms with E-state index in [0.717, 1.165) is 0 Å². The van der Waals surface area contributed by atoms with Crippen molar-refractivity contribution in [2.75, 3.05) is 19.7 Å². The standard InChI is InChI=1S/C9H15NO2/c1-3-4-9(11)10-5-6-12-8(2)7-10/h3-4,8H,5-7H2,1-2H3. The highest BCUT2D eigenvalue weighted by molar-refractivity contribution is 5.87. The molecule has 1 aliphatic heterocycles. The van der Waals surface area contributed by atoms with E-state index in [1.807, 2.05) is 18.7 Å². The molecule has 3 nitrogen and oxygen atoms in total. The fraction of sp³-hybridized carbons (Fsp3) is 0.667. The van der Waals surface area contributed by atoms with Crippen LogP contribution in [-0.2, 0) is 9.53 Å². The Labute approximate surface area is 73.0 Å². The fourth-order valence-electron chi connectivity index (χ4n) is 1.27. The Kier molecular flexibility index (Phi) is 3.29. The minimum Gasteiger partial charge on any atom is -0.375 e. The Hall–Kier alpha value is -0.830. The van der Waals surface area contributed by atoms with Crippen molar-refractivity contribution in [2.24, 2.45) is 0 Å². The minimum absolute atomic E-state index is 0.0904. The molecule has 0 aromatic carbocycles. The van der Waals surface area contributed by atoms with Crippen molar-refractivity contribution < 1.29 is 9.53 Å². The summed E-state index contributed by atoms with van der Waals surface area (Å²) >= 11 is 0. The molecule has 1 amide bonds. The van der Waals surface area contributed by atoms with Crippen LogP contribution in [0.3, 0.4) is 0 Å². The van der Waals surface area contributed by atoms with Crippen LogP contribution < -0.4 is 0 Å². The zero-order valence-corrected chi connectivity index (χ0v) is 7.62. The van der Waals surface area contributed by atoms with Gasteiger partial charge in [-0.25, -0.2) is 0 Å². The number of morpholine rings is 1. The molecule has 0 aromatic rings. The number of nitrogens with zero attached hydrogens (tertiary/aromatic N) is 1. The van der Waals surface area contributed by atoms with Crippen LogP contribution in [0.15, 0.2) is 12.2 Å². The van der Waals surface area contributed by atoms with E-state index in [4.69, 9.17) is 4.74 Å². The summed E-state index contributed by atoms with van der Waals surface area (Å²) in [7, 11) is 0. The molecule has 1 unspecified atom stereocenters. The average Bonchev–Trinajstić information content (AvgIpc) is 2.05. The number of carbonyl (C=O) groups excluding carboxylic acids is 1. The Morgan fingerprint density at radius 2 is 2.42 bits per heavy atom. The first-order valence-electron chi connectivity index (χ1n) is 4.27. The van der Waals surface area contributed by atoms with Crippen molar-refractivity contribution >= 4 is 5.91 Å². The van der Waals surface area contributed by atoms with E-state index in [-0.39, 0.29) is 12.0 Å². The summed E-state index contributed by atoms with van der Waals surface area (Å²) in [6.07, 6.45) is 3.54. The van der Waals surface area contributed by atoms with Gasteiger partial charge in [-0.1, -0.05) is 6.08 Å². The van der Waals surface area contributed by atoms with Gasteiger partial charge in [0, 0.05) is 13.1 Å². The molecule has 1 saturated heterocycles. The minimum atomic E-state index is 0.0904. The van der Waals surface area contributed by atoms with E-state index >= 15 is 0 Å². The summed E-state index contributed by atoms with van der Waals surface area (Å²) in [6.45, 7) is 5.91. The molecule has 0 radical (unpaired) electrons. The molecule has 0 aliphatic carbocycles. The van der Waals surface area contributed by atoms with Gasteiger partial charge in [-0.2, -0.15) is 0 Å². The number of carbonyl (C=O) groups is 1. The topological polar surface area (TPSA) is 29.5 Å². The molecule has 1 atom stereocenters. The molecule has 1 rings (SSSR count). The predicted molar refractivity (Wildman–Crippen MR) is 46.8 cm³/mol. The molecule has 0 spiro atoms. The molecule has 0 N–H and O–H groups in total. The van der Waals surface area contributed by atoms with Gasteiger partial charge in [-0.05, 0) is 19.9 Å². The molecule has 3 heteroatoms. The smallest absolute Gasteiger partial charge is 0.246 e. The zero-order chi connectivity index (χ0) is 8.97. The number of hydrogen-bond acceptors (Lipinski definition) is 2. The largest absolute Gasteiger partial charge is 0.375 e. The van der Waals surface area contributed by atoms with E-state index in [2.05, 4.69) is 0 Å². The molecule has 1 fully saturated rings. The molecular weight excluding hydrogens is 154 g/mol. The van der Waals surface area contributed by atoms with Crippen molar-refractivity contribution in [3.05, 3.63) is 12.2 Å². The first-order chi connectivity index (χ1) is 5.74. The van der Waals surface area contributed by atoms with E-state index in [1.165, 1.54) is 0 Å². The molecule has 12 heavy (non-hydrogen) atoms. The van der Waals surface area contributed by atoms with Gasteiger partial charge in [0.05, 0.1) is 12.7 Å². The Bertz CT molecular complexity index is 189. The van der Waals surface area contributed by atoms with Crippen LogP contribution in [0.1, 0.15) is 13.8 Å². The average molecular weight is 169 g/mol. The van der Waals surface area contributed by atoms with Crippen molar-refractivity contribution in [3.63, 3.8) is 0 Å². The monoisotopic (exact) mass is 169 g/mol. The maximum Gasteiger partial charge on any atom is 0.246 e. The highest BCUT2D eigenvalue weighted by Crippen LogP contribution is 2.04. The van der Waals surface area contributed by atoms with Gasteiger partial charge < -0.3 is 9.64 Å². The van der Waals surface area contributed by atoms with E-state index < -0.39 is 0 Å². The highest BCUT2D eigenvalue weighted by atomic mass is 16.5. The maximum absolute atomic E-state index is 11.3. The van der Waals surface area contributed by atoms with Gasteiger partial charge in [0.25, 0.3) is 0 Å². The lowest BCUT2D eigenvalue weighted by Crippen LogP contribution is -2.43. The van der Waals surface area contributed by atoms with E-state index in [1.54, 1.807) is 12.2 Å². The third-order valence-corrected chi connectivity index (χ3v) is 1.86. The van der Waals surface area contributed by atoms with Crippen LogP contribution in [0.25, 0.3) is 0 Å². The second kappa shape index (κ2) is 4.26. The van der Waals surface area contributed by atoms with Gasteiger partial charge in [-0.3, -0.25) is 4.79 Å². The Balaban J connectivity index is 2.45. The van der Waals surface area contributed by atoms with Crippen molar-refractivity contribution in [1.82, 2.24) is 4.90 Å². The van der Waals surface area contributed by atoms with Crippen LogP contribution in [0, 0.1) is 0 Å². The lowest BCUT2D eigenvalue weighted by Gasteiger charge is -2.30. The second-order valence-corrected chi connectivity index (χ2v) is 2.97. The van der Waals surface area contributed by atoms with Gasteiger partial charge in [0.2, 0.25) is 5.91 Å². The highest BCUT2D eigenvalue weighted by Gasteiger charge is 2.18. The molecule has 0 saturated carbocycles. The second-order valence-electron chi connectivity index (χ2n) is 2.97. The SMILES string of the molecule is CC=CC(=O)N1CCOC(C)C1. The number of hydrogen-bond donors (Lipinski definition) is 0. The van der Waals surface area contributed by atoms with Crippen LogP contribution in [0.4, 0.5) is 0 Å². The summed E-state index contributed by atoms with van der Waals surface area (Å²) < 4.78 is 5.32. The van der Waals surface area contributed by atoms with E-state index in [0.29, 0.717) is 19.7 Å². The number of amides is 1. The lowest BCUT2D eigenvalue weighted by atomic mass is 10.3. The lowest BCUT2D eigenvalue weighted by molar-refractivity contribution is -0.132. The molecule has 1 aliphatic rings. The molecule has 68 valence electrons. The van der Waals surface area contributed by atoms with Gasteiger partial charge in [0.1, 0.15) is 0 Å². The van der Waals surface area contributed by atoms with Gasteiger partial charge in [-0.15, -0.1) is 0 Å². The van der Waals surface area contributed by atoms with Crippen LogP contribution in [0.5, 0.6) is 0 Å². The zero-order valence-electron chi connectivity index (χ0n) is 7.62. The summed E-state index contributed by atoms with van der Waals surface area (Å²) in [6, 6.07) is 0. The third kappa shape index (κ3) is 2.34. The van der Waals surface area contributed by atoms with Crippen molar-refractivity contribution in [3.8, 4) is 0 Å². The normalized spacial score (nSPS) is 24.8. The maximum atomic E-state index is 11.3. The Morgan fingerprint density at radius 3 is 3.00 bits per heavy atom. The molecular formula is C9H15NO2. The van der Waals surface area contributed by atoms with E-state index in [9.17, 15) is 4.79 Å². The van der Waals surface area contributed by atoms with Crippen LogP contribution in [-0.4, -0.2) is 36.6 Å². The number of allylic oxidation sites excluding steroid dienone is 1. The summed E-state index contributed by atoms with van der Waals surface area (Å²) in [5.74, 6) is 0.0904. The summed E-state index contributed by atoms with van der Waals surface area (Å²) in [4.78, 5) is 13.1. The number of rotatable bonds is 1. The first-order valence-corrected chi connectivity index (χ1v) is 4.27. The molecule has 1 heterocycles. The van der Waals surface area contributed by atoms with Gasteiger partial charge in [0.15, 0.2) is 0 Å². The Morgan fingerprint density at radius 1 is 1.67 bits per heavy atom. The third-order valence-electron chi connectivity index (χ3n) is 1.86. The first kappa shape index (κ1) is 9.26. The van der Waals surface area contributed by atoms with Crippen molar-refractivity contribution in [1.29, 1.82) is 0 Å².